The minimum Gasteiger partial charge on any atom is -0.494 e. The van der Waals surface area contributed by atoms with Crippen molar-refractivity contribution in [2.24, 2.45) is 20.5 Å². The minimum atomic E-state index is -0.712. The van der Waals surface area contributed by atoms with Crippen molar-refractivity contribution >= 4 is 46.6 Å². The SMILES string of the molecule is C=C(C)C(=O)OCCCCCCCCCCOC(=O)c1cc(OC(=O)c2ccc(N=Nc3ccc(OCCCCCCCC)cc3)cc2)cc(OC(=O)c2ccc(N=Nc3ccc(OCCCCCCCC)cc3)cc2)c1. The molecular weight excluding hydrogens is 973 g/mol. The third-order valence-corrected chi connectivity index (χ3v) is 12.4. The molecule has 0 heterocycles. The third kappa shape index (κ3) is 24.4. The van der Waals surface area contributed by atoms with Crippen LogP contribution in [0.2, 0.25) is 0 Å². The Morgan fingerprint density at radius 1 is 0.364 bits per heavy atom. The molecule has 5 aromatic carbocycles. The molecule has 0 fully saturated rings. The first-order chi connectivity index (χ1) is 37.6. The second kappa shape index (κ2) is 35.7. The van der Waals surface area contributed by atoms with Gasteiger partial charge < -0.3 is 28.4 Å². The summed E-state index contributed by atoms with van der Waals surface area (Å²) in [5.74, 6) is -0.938. The van der Waals surface area contributed by atoms with Crippen molar-refractivity contribution in [2.75, 3.05) is 26.4 Å². The normalized spacial score (nSPS) is 11.2. The van der Waals surface area contributed by atoms with Crippen LogP contribution in [0.4, 0.5) is 22.7 Å². The molecule has 0 radical (unpaired) electrons. The van der Waals surface area contributed by atoms with Gasteiger partial charge in [-0.2, -0.15) is 20.5 Å². The molecule has 0 spiro atoms. The van der Waals surface area contributed by atoms with E-state index in [9.17, 15) is 19.2 Å². The number of azo groups is 2. The molecule has 5 aromatic rings. The maximum Gasteiger partial charge on any atom is 0.343 e. The Hall–Kier alpha value is -7.48. The lowest BCUT2D eigenvalue weighted by molar-refractivity contribution is -0.139. The van der Waals surface area contributed by atoms with E-state index >= 15 is 0 Å². The molecular formula is C63H78N4O10. The van der Waals surface area contributed by atoms with E-state index in [0.717, 1.165) is 82.1 Å². The first-order valence-electron chi connectivity index (χ1n) is 27.7. The maximum atomic E-state index is 13.5. The smallest absolute Gasteiger partial charge is 0.343 e. The van der Waals surface area contributed by atoms with Gasteiger partial charge in [0.25, 0.3) is 0 Å². The highest BCUT2D eigenvalue weighted by molar-refractivity contribution is 5.95. The summed E-state index contributed by atoms with van der Waals surface area (Å²) in [5.41, 5.74) is 3.21. The zero-order chi connectivity index (χ0) is 54.7. The Labute approximate surface area is 455 Å². The van der Waals surface area contributed by atoms with Gasteiger partial charge in [-0.15, -0.1) is 0 Å². The molecule has 0 bridgehead atoms. The Bertz CT molecular complexity index is 2470. The van der Waals surface area contributed by atoms with Crippen LogP contribution >= 0.6 is 0 Å². The average molecular weight is 1050 g/mol. The van der Waals surface area contributed by atoms with Crippen LogP contribution < -0.4 is 18.9 Å². The Balaban J connectivity index is 1.15. The first-order valence-corrected chi connectivity index (χ1v) is 27.7. The molecule has 0 saturated heterocycles. The van der Waals surface area contributed by atoms with Crippen LogP contribution in [0.15, 0.2) is 148 Å². The topological polar surface area (TPSA) is 173 Å². The number of hydrogen-bond acceptors (Lipinski definition) is 14. The van der Waals surface area contributed by atoms with Crippen molar-refractivity contribution in [3.63, 3.8) is 0 Å². The van der Waals surface area contributed by atoms with Crippen LogP contribution in [0.1, 0.15) is 180 Å². The van der Waals surface area contributed by atoms with E-state index in [1.165, 1.54) is 69.6 Å². The van der Waals surface area contributed by atoms with Gasteiger partial charge >= 0.3 is 23.9 Å². The fourth-order valence-corrected chi connectivity index (χ4v) is 7.86. The highest BCUT2D eigenvalue weighted by Gasteiger charge is 2.18. The van der Waals surface area contributed by atoms with Crippen molar-refractivity contribution < 1.29 is 47.6 Å². The minimum absolute atomic E-state index is 0.0300. The summed E-state index contributed by atoms with van der Waals surface area (Å²) in [6.45, 7) is 11.6. The second-order valence-corrected chi connectivity index (χ2v) is 19.1. The molecule has 5 rings (SSSR count). The largest absolute Gasteiger partial charge is 0.494 e. The van der Waals surface area contributed by atoms with Gasteiger partial charge in [0.15, 0.2) is 0 Å². The quantitative estimate of drug-likeness (QED) is 0.0122. The van der Waals surface area contributed by atoms with Crippen molar-refractivity contribution in [3.8, 4) is 23.0 Å². The fourth-order valence-electron chi connectivity index (χ4n) is 7.86. The molecule has 0 unspecified atom stereocenters. The number of esters is 4. The van der Waals surface area contributed by atoms with Gasteiger partial charge in [0.2, 0.25) is 0 Å². The van der Waals surface area contributed by atoms with Gasteiger partial charge in [-0.1, -0.05) is 123 Å². The predicted octanol–water partition coefficient (Wildman–Crippen LogP) is 17.8. The van der Waals surface area contributed by atoms with Crippen LogP contribution in [-0.4, -0.2) is 50.3 Å². The van der Waals surface area contributed by atoms with Gasteiger partial charge in [0, 0.05) is 11.6 Å². The maximum absolute atomic E-state index is 13.5. The van der Waals surface area contributed by atoms with Gasteiger partial charge in [0.05, 0.1) is 65.9 Å². The van der Waals surface area contributed by atoms with Gasteiger partial charge in [-0.05, 0) is 142 Å². The molecule has 14 nitrogen and oxygen atoms in total. The average Bonchev–Trinajstić information content (AvgIpc) is 3.44. The standard InChI is InChI=1S/C63H78N4O10/c1-5-7-9-11-17-21-41-72-56-37-33-54(34-38-56)66-64-52-29-25-49(26-30-52)62(70)76-58-45-51(61(69)75-44-24-20-16-14-13-15-19-23-43-74-60(68)48(3)4)46-59(47-58)77-63(71)50-27-31-53(32-28-50)65-67-55-35-39-57(40-36-55)73-42-22-18-12-10-8-6-2/h25-40,45-47H,3,5-24,41-44H2,1-2,4H3. The summed E-state index contributed by atoms with van der Waals surface area (Å²) in [5, 5.41) is 17.3. The molecule has 14 heteroatoms. The van der Waals surface area contributed by atoms with E-state index in [-0.39, 0.29) is 40.8 Å². The van der Waals surface area contributed by atoms with Crippen molar-refractivity contribution in [3.05, 3.63) is 144 Å². The Morgan fingerprint density at radius 3 is 1.05 bits per heavy atom. The lowest BCUT2D eigenvalue weighted by atomic mass is 10.1. The van der Waals surface area contributed by atoms with Crippen molar-refractivity contribution in [2.45, 2.75) is 149 Å². The number of benzene rings is 5. The van der Waals surface area contributed by atoms with Crippen LogP contribution in [0.5, 0.6) is 23.0 Å². The second-order valence-electron chi connectivity index (χ2n) is 19.1. The predicted molar refractivity (Wildman–Crippen MR) is 301 cm³/mol. The molecule has 0 amide bonds. The molecule has 0 aliphatic rings. The summed E-state index contributed by atoms with van der Waals surface area (Å²) in [6.07, 6.45) is 21.8. The molecule has 0 N–H and O–H groups in total. The summed E-state index contributed by atoms with van der Waals surface area (Å²) in [6, 6.07) is 31.8. The molecule has 0 aliphatic carbocycles. The number of hydrogen-bond donors (Lipinski definition) is 0. The van der Waals surface area contributed by atoms with Crippen LogP contribution in [0.3, 0.4) is 0 Å². The number of rotatable bonds is 37. The molecule has 0 atom stereocenters. The molecule has 410 valence electrons. The number of carbonyl (C=O) groups excluding carboxylic acids is 4. The van der Waals surface area contributed by atoms with E-state index in [1.54, 1.807) is 55.5 Å². The lowest BCUT2D eigenvalue weighted by Gasteiger charge is -2.11. The molecule has 0 aromatic heterocycles. The van der Waals surface area contributed by atoms with Crippen molar-refractivity contribution in [1.82, 2.24) is 0 Å². The molecule has 77 heavy (non-hydrogen) atoms. The van der Waals surface area contributed by atoms with Crippen LogP contribution in [-0.2, 0) is 14.3 Å². The van der Waals surface area contributed by atoms with E-state index in [2.05, 4.69) is 40.9 Å². The summed E-state index contributed by atoms with van der Waals surface area (Å²) >= 11 is 0. The van der Waals surface area contributed by atoms with E-state index < -0.39 is 17.9 Å². The Kier molecular flexibility index (Phi) is 28.0. The highest BCUT2D eigenvalue weighted by Crippen LogP contribution is 2.28. The van der Waals surface area contributed by atoms with E-state index in [4.69, 9.17) is 28.4 Å². The van der Waals surface area contributed by atoms with Crippen LogP contribution in [0, 0.1) is 0 Å². The summed E-state index contributed by atoms with van der Waals surface area (Å²) < 4.78 is 34.0. The van der Waals surface area contributed by atoms with Crippen LogP contribution in [0.25, 0.3) is 0 Å². The number of ether oxygens (including phenoxy) is 6. The van der Waals surface area contributed by atoms with E-state index in [1.807, 2.05) is 48.5 Å². The summed E-state index contributed by atoms with van der Waals surface area (Å²) in [4.78, 5) is 51.9. The molecule has 0 saturated carbocycles. The third-order valence-electron chi connectivity index (χ3n) is 12.4. The monoisotopic (exact) mass is 1050 g/mol. The number of unbranched alkanes of at least 4 members (excludes halogenated alkanes) is 17. The summed E-state index contributed by atoms with van der Waals surface area (Å²) in [7, 11) is 0. The number of carbonyl (C=O) groups is 4. The molecule has 0 aliphatic heterocycles. The first kappa shape index (κ1) is 60.4. The van der Waals surface area contributed by atoms with Gasteiger partial charge in [-0.3, -0.25) is 0 Å². The zero-order valence-electron chi connectivity index (χ0n) is 45.5. The van der Waals surface area contributed by atoms with Gasteiger partial charge in [0.1, 0.15) is 23.0 Å². The van der Waals surface area contributed by atoms with E-state index in [0.29, 0.717) is 54.6 Å². The highest BCUT2D eigenvalue weighted by atomic mass is 16.6. The fraction of sp³-hybridized carbons (Fsp3) is 0.429. The number of nitrogens with zero attached hydrogens (tertiary/aromatic N) is 4. The zero-order valence-corrected chi connectivity index (χ0v) is 45.5. The lowest BCUT2D eigenvalue weighted by Crippen LogP contribution is -2.12. The van der Waals surface area contributed by atoms with Crippen molar-refractivity contribution in [1.29, 1.82) is 0 Å². The van der Waals surface area contributed by atoms with Gasteiger partial charge in [-0.25, -0.2) is 19.2 Å². The Morgan fingerprint density at radius 2 is 0.688 bits per heavy atom.